The first-order chi connectivity index (χ1) is 23.7. The minimum Gasteiger partial charge on any atom is -0.504 e. The van der Waals surface area contributed by atoms with Crippen LogP contribution in [-0.4, -0.2) is 40.9 Å². The molecule has 4 aromatic carbocycles. The van der Waals surface area contributed by atoms with E-state index in [0.717, 1.165) is 16.1 Å². The van der Waals surface area contributed by atoms with Crippen molar-refractivity contribution in [3.05, 3.63) is 131 Å². The second-order valence-corrected chi connectivity index (χ2v) is 13.4. The van der Waals surface area contributed by atoms with Crippen molar-refractivity contribution in [2.45, 2.75) is 31.1 Å². The summed E-state index contributed by atoms with van der Waals surface area (Å²) >= 11 is 0. The van der Waals surface area contributed by atoms with Crippen LogP contribution in [0.5, 0.6) is 11.5 Å². The number of hydrogen-bond acceptors (Lipinski definition) is 7. The van der Waals surface area contributed by atoms with Gasteiger partial charge in [0.15, 0.2) is 11.5 Å². The Morgan fingerprint density at radius 2 is 1.51 bits per heavy atom. The summed E-state index contributed by atoms with van der Waals surface area (Å²) in [6.07, 6.45) is 2.54. The van der Waals surface area contributed by atoms with Crippen LogP contribution in [0.15, 0.2) is 115 Å². The van der Waals surface area contributed by atoms with Crippen LogP contribution in [0.2, 0.25) is 0 Å². The molecule has 2 heterocycles. The number of allylic oxidation sites excluding steroid dienone is 2. The minimum atomic E-state index is -1.40. The summed E-state index contributed by atoms with van der Waals surface area (Å²) in [6.45, 7) is 1.96. The van der Waals surface area contributed by atoms with Gasteiger partial charge in [-0.15, -0.1) is 0 Å². The number of carbonyl (C=O) groups is 4. The molecule has 246 valence electrons. The van der Waals surface area contributed by atoms with Crippen LogP contribution >= 0.6 is 0 Å². The van der Waals surface area contributed by atoms with Crippen molar-refractivity contribution in [1.82, 2.24) is 5.01 Å². The first-order valence-electron chi connectivity index (χ1n) is 16.5. The van der Waals surface area contributed by atoms with Gasteiger partial charge in [0.05, 0.1) is 41.7 Å². The summed E-state index contributed by atoms with van der Waals surface area (Å²) < 4.78 is 5.53. The van der Waals surface area contributed by atoms with Crippen LogP contribution in [-0.2, 0) is 24.6 Å². The van der Waals surface area contributed by atoms with Gasteiger partial charge in [0.1, 0.15) is 0 Å². The van der Waals surface area contributed by atoms with Gasteiger partial charge in [0.2, 0.25) is 11.8 Å². The number of methoxy groups -OCH3 is 1. The second-order valence-electron chi connectivity index (χ2n) is 13.4. The molecule has 4 aromatic rings. The molecule has 2 N–H and O–H groups in total. The molecule has 8 rings (SSSR count). The lowest BCUT2D eigenvalue weighted by atomic mass is 9.49. The van der Waals surface area contributed by atoms with Gasteiger partial charge in [-0.25, -0.2) is 0 Å². The van der Waals surface area contributed by atoms with Crippen LogP contribution in [0, 0.1) is 30.6 Å². The number of carbonyl (C=O) groups excluding carboxylic acids is 4. The fraction of sp³-hybridized carbons (Fsp3) is 0.250. The zero-order valence-electron chi connectivity index (χ0n) is 27.1. The highest BCUT2D eigenvalue weighted by atomic mass is 16.5. The van der Waals surface area contributed by atoms with E-state index in [1.165, 1.54) is 18.1 Å². The molecule has 3 fully saturated rings. The summed E-state index contributed by atoms with van der Waals surface area (Å²) in [7, 11) is 1.46. The fourth-order valence-corrected chi connectivity index (χ4v) is 8.83. The SMILES string of the molecule is COc1cc(C2C3=CCC4C(=O)N(c5ccccc5)C(=O)C4C3CC3C(=O)N(Nc4ccc(C)cc4)C(=O)C32c2ccccc2)ccc1O. The van der Waals surface area contributed by atoms with E-state index in [1.807, 2.05) is 73.7 Å². The maximum absolute atomic E-state index is 15.2. The van der Waals surface area contributed by atoms with E-state index in [-0.39, 0.29) is 29.7 Å². The van der Waals surface area contributed by atoms with E-state index < -0.39 is 46.8 Å². The van der Waals surface area contributed by atoms with E-state index in [2.05, 4.69) is 5.43 Å². The van der Waals surface area contributed by atoms with Crippen molar-refractivity contribution in [3.8, 4) is 11.5 Å². The van der Waals surface area contributed by atoms with Gasteiger partial charge >= 0.3 is 0 Å². The molecule has 0 spiro atoms. The van der Waals surface area contributed by atoms with Gasteiger partial charge in [-0.1, -0.05) is 83.9 Å². The number of phenolic OH excluding ortho intramolecular Hbond substituents is 1. The Bertz CT molecular complexity index is 2030. The maximum Gasteiger partial charge on any atom is 0.260 e. The summed E-state index contributed by atoms with van der Waals surface area (Å²) in [5.74, 6) is -4.57. The standard InChI is InChI=1S/C40H35N3O6/c1-23-13-16-26(17-14-23)41-43-37(46)31-22-30-28(18-19-29-34(30)38(47)42(36(29)45)27-11-7-4-8-12-27)35(24-15-20-32(44)33(21-24)49-2)40(31,39(43)48)25-9-5-3-6-10-25/h3-18,20-21,29-31,34-35,41,44H,19,22H2,1-2H3. The number of ether oxygens (including phenoxy) is 1. The number of nitrogens with zero attached hydrogens (tertiary/aromatic N) is 2. The molecule has 2 saturated heterocycles. The number of amides is 4. The third-order valence-corrected chi connectivity index (χ3v) is 10.9. The maximum atomic E-state index is 15.2. The number of benzene rings is 4. The minimum absolute atomic E-state index is 0.0619. The number of aromatic hydroxyl groups is 1. The Balaban J connectivity index is 1.33. The van der Waals surface area contributed by atoms with Crippen LogP contribution in [0.4, 0.5) is 11.4 Å². The van der Waals surface area contributed by atoms with Gasteiger partial charge in [0, 0.05) is 5.92 Å². The molecule has 1 saturated carbocycles. The molecular weight excluding hydrogens is 618 g/mol. The van der Waals surface area contributed by atoms with Crippen LogP contribution in [0.3, 0.4) is 0 Å². The normalized spacial score (nSPS) is 27.4. The molecule has 9 nitrogen and oxygen atoms in total. The van der Waals surface area contributed by atoms with Gasteiger partial charge < -0.3 is 9.84 Å². The van der Waals surface area contributed by atoms with Gasteiger partial charge in [-0.2, -0.15) is 5.01 Å². The molecule has 4 amide bonds. The Labute approximate surface area is 283 Å². The van der Waals surface area contributed by atoms with Crippen LogP contribution in [0.25, 0.3) is 0 Å². The van der Waals surface area contributed by atoms with Crippen molar-refractivity contribution in [3.63, 3.8) is 0 Å². The third kappa shape index (κ3) is 4.45. The molecule has 2 aliphatic heterocycles. The summed E-state index contributed by atoms with van der Waals surface area (Å²) in [5.41, 5.74) is 6.02. The monoisotopic (exact) mass is 653 g/mol. The van der Waals surface area contributed by atoms with E-state index in [0.29, 0.717) is 28.9 Å². The van der Waals surface area contributed by atoms with E-state index in [4.69, 9.17) is 4.74 Å². The Morgan fingerprint density at radius 3 is 2.20 bits per heavy atom. The zero-order chi connectivity index (χ0) is 34.0. The van der Waals surface area contributed by atoms with Gasteiger partial charge in [0.25, 0.3) is 11.8 Å². The van der Waals surface area contributed by atoms with Gasteiger partial charge in [-0.05, 0) is 73.2 Å². The van der Waals surface area contributed by atoms with Crippen molar-refractivity contribution in [2.24, 2.45) is 23.7 Å². The number of fused-ring (bicyclic) bond motifs is 4. The van der Waals surface area contributed by atoms with Crippen LogP contribution in [0.1, 0.15) is 35.4 Å². The molecule has 0 aromatic heterocycles. The van der Waals surface area contributed by atoms with Crippen molar-refractivity contribution < 1.29 is 29.0 Å². The number of nitrogens with one attached hydrogen (secondary N) is 1. The number of aryl methyl sites for hydroxylation is 1. The number of anilines is 2. The average molecular weight is 654 g/mol. The topological polar surface area (TPSA) is 116 Å². The second kappa shape index (κ2) is 11.5. The third-order valence-electron chi connectivity index (χ3n) is 10.9. The molecular formula is C40H35N3O6. The van der Waals surface area contributed by atoms with Crippen molar-refractivity contribution in [2.75, 3.05) is 17.4 Å². The Morgan fingerprint density at radius 1 is 0.816 bits per heavy atom. The molecule has 0 bridgehead atoms. The first-order valence-corrected chi connectivity index (χ1v) is 16.5. The predicted molar refractivity (Wildman–Crippen MR) is 182 cm³/mol. The molecule has 2 aliphatic carbocycles. The Hall–Kier alpha value is -5.70. The molecule has 9 heteroatoms. The quantitative estimate of drug-likeness (QED) is 0.197. The number of hydrogen-bond donors (Lipinski definition) is 2. The predicted octanol–water partition coefficient (Wildman–Crippen LogP) is 5.90. The Kier molecular flexibility index (Phi) is 7.17. The lowest BCUT2D eigenvalue weighted by molar-refractivity contribution is -0.138. The van der Waals surface area contributed by atoms with Crippen molar-refractivity contribution in [1.29, 1.82) is 0 Å². The number of rotatable bonds is 6. The van der Waals surface area contributed by atoms with Gasteiger partial charge in [-0.3, -0.25) is 29.5 Å². The highest BCUT2D eigenvalue weighted by Gasteiger charge is 2.70. The first kappa shape index (κ1) is 30.6. The molecule has 4 aliphatic rings. The number of imide groups is 2. The largest absolute Gasteiger partial charge is 0.504 e. The molecule has 6 unspecified atom stereocenters. The lowest BCUT2D eigenvalue weighted by Crippen LogP contribution is -2.53. The van der Waals surface area contributed by atoms with Crippen LogP contribution < -0.4 is 15.1 Å². The molecule has 49 heavy (non-hydrogen) atoms. The summed E-state index contributed by atoms with van der Waals surface area (Å²) in [6, 6.07) is 30.7. The highest BCUT2D eigenvalue weighted by molar-refractivity contribution is 6.22. The number of para-hydroxylation sites is 1. The van der Waals surface area contributed by atoms with E-state index in [1.54, 1.807) is 36.4 Å². The number of hydrazine groups is 1. The number of phenols is 1. The van der Waals surface area contributed by atoms with E-state index >= 15 is 4.79 Å². The summed E-state index contributed by atoms with van der Waals surface area (Å²) in [4.78, 5) is 59.5. The smallest absolute Gasteiger partial charge is 0.260 e. The molecule has 6 atom stereocenters. The lowest BCUT2D eigenvalue weighted by Gasteiger charge is -2.50. The average Bonchev–Trinajstić information content (AvgIpc) is 3.51. The summed E-state index contributed by atoms with van der Waals surface area (Å²) in [5, 5.41) is 11.8. The van der Waals surface area contributed by atoms with E-state index in [9.17, 15) is 19.5 Å². The highest BCUT2D eigenvalue weighted by Crippen LogP contribution is 2.64. The molecule has 0 radical (unpaired) electrons. The zero-order valence-corrected chi connectivity index (χ0v) is 27.1. The van der Waals surface area contributed by atoms with Crippen molar-refractivity contribution >= 4 is 35.0 Å². The fourth-order valence-electron chi connectivity index (χ4n) is 8.83.